The first kappa shape index (κ1) is 69.6. The quantitative estimate of drug-likeness (QED) is 0.0358. The number of ether oxygens (including phenoxy) is 2. The first-order chi connectivity index (χ1) is 36.1. The van der Waals surface area contributed by atoms with Crippen LogP contribution in [-0.4, -0.2) is 48.6 Å². The fraction of sp³-hybridized carbons (Fsp3) is 0.940. The molecule has 0 aromatic rings. The SMILES string of the molecule is CCCCCCCCCCC/C=C/CCCCCCCCCCCCCCCCCCCCCCCCCCCCCCCCCCCCCCCCCCCCCC1CC(=O)OCC(CO)(CO)COC1=O. The van der Waals surface area contributed by atoms with Crippen LogP contribution in [0.1, 0.15) is 366 Å². The Hall–Kier alpha value is -1.40. The van der Waals surface area contributed by atoms with Gasteiger partial charge in [-0.3, -0.25) is 9.59 Å². The molecule has 0 spiro atoms. The molecule has 432 valence electrons. The third kappa shape index (κ3) is 48.7. The Labute approximate surface area is 455 Å². The number of esters is 2. The van der Waals surface area contributed by atoms with E-state index in [0.29, 0.717) is 6.42 Å². The van der Waals surface area contributed by atoms with Crippen LogP contribution in [-0.2, 0) is 19.1 Å². The van der Waals surface area contributed by atoms with E-state index in [1.807, 2.05) is 0 Å². The molecule has 1 heterocycles. The van der Waals surface area contributed by atoms with Crippen molar-refractivity contribution in [1.29, 1.82) is 0 Å². The van der Waals surface area contributed by atoms with Crippen LogP contribution in [0.5, 0.6) is 0 Å². The zero-order chi connectivity index (χ0) is 52.5. The standard InChI is InChI=1S/C67H128O6/c1-2-3-4-5-6-7-8-9-10-11-12-13-14-15-16-17-18-19-20-21-22-23-24-25-26-27-28-29-30-31-32-33-34-35-36-37-38-39-40-41-42-43-44-45-46-47-48-49-50-51-52-53-54-55-56-57-58-64-59-65(70)72-62-67(60-68,61-69)63-73-66(64)71/h12-13,64,68-69H,2-11,14-63H2,1H3/b13-12+. The smallest absolute Gasteiger partial charge is 0.309 e. The number of hydrogen-bond acceptors (Lipinski definition) is 6. The van der Waals surface area contributed by atoms with E-state index in [2.05, 4.69) is 19.1 Å². The van der Waals surface area contributed by atoms with E-state index in [1.54, 1.807) is 0 Å². The second-order valence-corrected chi connectivity index (χ2v) is 23.9. The molecule has 1 fully saturated rings. The first-order valence-corrected chi connectivity index (χ1v) is 33.3. The number of unbranched alkanes of at least 4 members (excludes halogenated alkanes) is 52. The summed E-state index contributed by atoms with van der Waals surface area (Å²) in [6, 6.07) is 0. The van der Waals surface area contributed by atoms with Gasteiger partial charge in [0, 0.05) is 0 Å². The third-order valence-corrected chi connectivity index (χ3v) is 16.5. The molecule has 6 heteroatoms. The highest BCUT2D eigenvalue weighted by atomic mass is 16.6. The minimum atomic E-state index is -1.12. The van der Waals surface area contributed by atoms with Crippen LogP contribution in [0.4, 0.5) is 0 Å². The van der Waals surface area contributed by atoms with Crippen LogP contribution in [0, 0.1) is 11.3 Å². The van der Waals surface area contributed by atoms with Crippen molar-refractivity contribution in [2.75, 3.05) is 26.4 Å². The molecule has 1 rings (SSSR count). The van der Waals surface area contributed by atoms with Gasteiger partial charge >= 0.3 is 11.9 Å². The Morgan fingerprint density at radius 2 is 0.589 bits per heavy atom. The molecule has 0 aliphatic carbocycles. The maximum absolute atomic E-state index is 12.6. The molecule has 6 nitrogen and oxygen atoms in total. The summed E-state index contributed by atoms with van der Waals surface area (Å²) in [7, 11) is 0. The highest BCUT2D eigenvalue weighted by Crippen LogP contribution is 2.25. The predicted molar refractivity (Wildman–Crippen MR) is 315 cm³/mol. The molecule has 0 saturated carbocycles. The van der Waals surface area contributed by atoms with Gasteiger partial charge in [0.1, 0.15) is 13.2 Å². The predicted octanol–water partition coefficient (Wildman–Crippen LogP) is 21.1. The monoisotopic (exact) mass is 1030 g/mol. The minimum Gasteiger partial charge on any atom is -0.465 e. The van der Waals surface area contributed by atoms with Crippen molar-refractivity contribution < 1.29 is 29.3 Å². The summed E-state index contributed by atoms with van der Waals surface area (Å²) in [5, 5.41) is 19.2. The molecule has 0 amide bonds. The Balaban J connectivity index is 1.67. The van der Waals surface area contributed by atoms with Crippen LogP contribution in [0.3, 0.4) is 0 Å². The number of rotatable bonds is 58. The van der Waals surface area contributed by atoms with E-state index in [9.17, 15) is 19.8 Å². The minimum absolute atomic E-state index is 0.00516. The van der Waals surface area contributed by atoms with E-state index >= 15 is 0 Å². The maximum atomic E-state index is 12.6. The van der Waals surface area contributed by atoms with Crippen LogP contribution >= 0.6 is 0 Å². The molecule has 0 bridgehead atoms. The number of aliphatic hydroxyl groups excluding tert-OH is 2. The molecule has 1 saturated heterocycles. The third-order valence-electron chi connectivity index (χ3n) is 16.5. The second-order valence-electron chi connectivity index (χ2n) is 23.9. The summed E-state index contributed by atoms with van der Waals surface area (Å²) < 4.78 is 10.6. The molecule has 73 heavy (non-hydrogen) atoms. The summed E-state index contributed by atoms with van der Waals surface area (Å²) in [6.45, 7) is 1.21. The van der Waals surface area contributed by atoms with Gasteiger partial charge in [0.2, 0.25) is 0 Å². The molecule has 1 atom stereocenters. The lowest BCUT2D eigenvalue weighted by molar-refractivity contribution is -0.155. The zero-order valence-corrected chi connectivity index (χ0v) is 49.2. The second kappa shape index (κ2) is 56.8. The summed E-state index contributed by atoms with van der Waals surface area (Å²) in [4.78, 5) is 24.7. The van der Waals surface area contributed by atoms with Gasteiger partial charge in [-0.25, -0.2) is 0 Å². The topological polar surface area (TPSA) is 93.1 Å². The average molecular weight is 1030 g/mol. The molecule has 0 aromatic carbocycles. The maximum Gasteiger partial charge on any atom is 0.309 e. The lowest BCUT2D eigenvalue weighted by atomic mass is 9.92. The lowest BCUT2D eigenvalue weighted by Crippen LogP contribution is -2.40. The number of aliphatic hydroxyl groups is 2. The Kier molecular flexibility index (Phi) is 54.2. The summed E-state index contributed by atoms with van der Waals surface area (Å²) in [6.07, 6.45) is 81.6. The van der Waals surface area contributed by atoms with Gasteiger partial charge in [-0.05, 0) is 32.1 Å². The summed E-state index contributed by atoms with van der Waals surface area (Å²) in [5.41, 5.74) is -1.12. The van der Waals surface area contributed by atoms with Crippen molar-refractivity contribution in [3.8, 4) is 0 Å². The van der Waals surface area contributed by atoms with Crippen molar-refractivity contribution in [2.45, 2.75) is 366 Å². The van der Waals surface area contributed by atoms with E-state index in [4.69, 9.17) is 9.47 Å². The Morgan fingerprint density at radius 3 is 0.849 bits per heavy atom. The molecule has 1 aliphatic rings. The van der Waals surface area contributed by atoms with Gasteiger partial charge in [-0.1, -0.05) is 340 Å². The van der Waals surface area contributed by atoms with Gasteiger partial charge in [-0.15, -0.1) is 0 Å². The van der Waals surface area contributed by atoms with E-state index in [-0.39, 0.29) is 19.6 Å². The van der Waals surface area contributed by atoms with Crippen molar-refractivity contribution in [1.82, 2.24) is 0 Å². The van der Waals surface area contributed by atoms with Crippen LogP contribution in [0.25, 0.3) is 0 Å². The first-order valence-electron chi connectivity index (χ1n) is 33.3. The van der Waals surface area contributed by atoms with Crippen molar-refractivity contribution in [3.05, 3.63) is 12.2 Å². The number of carbonyl (C=O) groups is 2. The van der Waals surface area contributed by atoms with Gasteiger partial charge in [0.05, 0.1) is 31.0 Å². The highest BCUT2D eigenvalue weighted by Gasteiger charge is 2.36. The van der Waals surface area contributed by atoms with Gasteiger partial charge < -0.3 is 19.7 Å². The average Bonchev–Trinajstić information content (AvgIpc) is 3.46. The highest BCUT2D eigenvalue weighted by molar-refractivity contribution is 5.80. The molecular weight excluding hydrogens is 901 g/mol. The molecule has 2 N–H and O–H groups in total. The van der Waals surface area contributed by atoms with Crippen molar-refractivity contribution in [2.24, 2.45) is 11.3 Å². The molecule has 0 aromatic heterocycles. The van der Waals surface area contributed by atoms with Gasteiger partial charge in [0.15, 0.2) is 0 Å². The normalized spacial score (nSPS) is 15.2. The van der Waals surface area contributed by atoms with Crippen LogP contribution in [0.2, 0.25) is 0 Å². The number of allylic oxidation sites excluding steroid dienone is 2. The largest absolute Gasteiger partial charge is 0.465 e. The van der Waals surface area contributed by atoms with Gasteiger partial charge in [0.25, 0.3) is 0 Å². The van der Waals surface area contributed by atoms with Crippen molar-refractivity contribution in [3.63, 3.8) is 0 Å². The van der Waals surface area contributed by atoms with E-state index < -0.39 is 36.5 Å². The Morgan fingerprint density at radius 1 is 0.356 bits per heavy atom. The molecule has 1 unspecified atom stereocenters. The number of carbonyl (C=O) groups excluding carboxylic acids is 2. The number of cyclic esters (lactones) is 2. The van der Waals surface area contributed by atoms with E-state index in [1.165, 1.54) is 327 Å². The van der Waals surface area contributed by atoms with Gasteiger partial charge in [-0.2, -0.15) is 0 Å². The summed E-state index contributed by atoms with van der Waals surface area (Å²) >= 11 is 0. The molecule has 1 aliphatic heterocycles. The van der Waals surface area contributed by atoms with Crippen LogP contribution in [0.15, 0.2) is 12.2 Å². The lowest BCUT2D eigenvalue weighted by Gasteiger charge is -2.27. The fourth-order valence-corrected chi connectivity index (χ4v) is 11.1. The Bertz CT molecular complexity index is 1150. The number of hydrogen-bond donors (Lipinski definition) is 2. The van der Waals surface area contributed by atoms with Crippen LogP contribution < -0.4 is 0 Å². The molecular formula is C67H128O6. The van der Waals surface area contributed by atoms with E-state index in [0.717, 1.165) is 19.3 Å². The van der Waals surface area contributed by atoms with Crippen molar-refractivity contribution >= 4 is 11.9 Å². The zero-order valence-electron chi connectivity index (χ0n) is 49.2. The molecule has 0 radical (unpaired) electrons. The summed E-state index contributed by atoms with van der Waals surface area (Å²) in [5.74, 6) is -1.40. The fourth-order valence-electron chi connectivity index (χ4n) is 11.1.